The second kappa shape index (κ2) is 6.75. The zero-order chi connectivity index (χ0) is 16.9. The molecule has 0 bridgehead atoms. The number of halogens is 3. The van der Waals surface area contributed by atoms with Gasteiger partial charge in [-0.15, -0.1) is 0 Å². The molecule has 23 heavy (non-hydrogen) atoms. The number of alkyl halides is 3. The van der Waals surface area contributed by atoms with Crippen LogP contribution in [0.15, 0.2) is 48.7 Å². The number of pyridine rings is 1. The zero-order valence-corrected chi connectivity index (χ0v) is 11.6. The number of carbonyl (C=O) groups excluding carboxylic acids is 1. The summed E-state index contributed by atoms with van der Waals surface area (Å²) < 4.78 is 36.7. The Morgan fingerprint density at radius 2 is 2.00 bits per heavy atom. The molecule has 1 heterocycles. The number of anilines is 1. The van der Waals surface area contributed by atoms with Gasteiger partial charge in [-0.05, 0) is 35.9 Å². The van der Waals surface area contributed by atoms with E-state index < -0.39 is 12.1 Å². The highest BCUT2D eigenvalue weighted by Crippen LogP contribution is 2.21. The molecule has 1 aromatic carbocycles. The first-order chi connectivity index (χ1) is 10.9. The lowest BCUT2D eigenvalue weighted by Crippen LogP contribution is -2.29. The van der Waals surface area contributed by atoms with Crippen molar-refractivity contribution < 1.29 is 18.0 Å². The molecular formula is C16H10F3N3O. The van der Waals surface area contributed by atoms with Crippen LogP contribution < -0.4 is 5.32 Å². The first kappa shape index (κ1) is 16.2. The van der Waals surface area contributed by atoms with Gasteiger partial charge in [0.1, 0.15) is 6.07 Å². The third-order valence-corrected chi connectivity index (χ3v) is 2.77. The first-order valence-electron chi connectivity index (χ1n) is 6.41. The summed E-state index contributed by atoms with van der Waals surface area (Å²) >= 11 is 0. The second-order valence-corrected chi connectivity index (χ2v) is 4.46. The molecule has 1 amide bonds. The molecule has 0 aliphatic carbocycles. The van der Waals surface area contributed by atoms with Crippen molar-refractivity contribution in [3.63, 3.8) is 0 Å². The number of amides is 1. The highest BCUT2D eigenvalue weighted by Gasteiger charge is 2.38. The molecule has 4 nitrogen and oxygen atoms in total. The summed E-state index contributed by atoms with van der Waals surface area (Å²) in [4.78, 5) is 15.0. The lowest BCUT2D eigenvalue weighted by molar-refractivity contribution is -0.167. The Kier molecular flexibility index (Phi) is 4.76. The molecule has 0 spiro atoms. The third kappa shape index (κ3) is 4.41. The molecule has 116 valence electrons. The van der Waals surface area contributed by atoms with Crippen molar-refractivity contribution in [3.8, 4) is 6.07 Å². The van der Waals surface area contributed by atoms with Gasteiger partial charge in [-0.1, -0.05) is 18.2 Å². The molecule has 0 fully saturated rings. The summed E-state index contributed by atoms with van der Waals surface area (Å²) in [7, 11) is 0. The maximum atomic E-state index is 12.2. The zero-order valence-electron chi connectivity index (χ0n) is 11.6. The molecule has 0 radical (unpaired) electrons. The van der Waals surface area contributed by atoms with Crippen LogP contribution in [0.25, 0.3) is 11.6 Å². The first-order valence-corrected chi connectivity index (χ1v) is 6.41. The number of nitrogens with one attached hydrogen (secondary N) is 1. The summed E-state index contributed by atoms with van der Waals surface area (Å²) in [5.74, 6) is -2.05. The fourth-order valence-electron chi connectivity index (χ4n) is 1.76. The van der Waals surface area contributed by atoms with Crippen molar-refractivity contribution in [3.05, 3.63) is 59.9 Å². The fraction of sp³-hybridized carbons (Fsp3) is 0.0625. The van der Waals surface area contributed by atoms with Gasteiger partial charge in [-0.25, -0.2) is 0 Å². The lowest BCUT2D eigenvalue weighted by Gasteiger charge is -2.08. The molecule has 0 aliphatic rings. The molecule has 7 heteroatoms. The number of rotatable bonds is 3. The van der Waals surface area contributed by atoms with Crippen LogP contribution in [-0.2, 0) is 4.79 Å². The topological polar surface area (TPSA) is 65.8 Å². The quantitative estimate of drug-likeness (QED) is 0.879. The molecule has 0 aliphatic heterocycles. The van der Waals surface area contributed by atoms with Crippen LogP contribution in [0.3, 0.4) is 0 Å². The van der Waals surface area contributed by atoms with Crippen LogP contribution in [0.5, 0.6) is 0 Å². The van der Waals surface area contributed by atoms with Gasteiger partial charge in [0.2, 0.25) is 0 Å². The van der Waals surface area contributed by atoms with Crippen LogP contribution in [0.2, 0.25) is 0 Å². The number of nitrogens with zero attached hydrogens (tertiary/aromatic N) is 2. The maximum absolute atomic E-state index is 12.2. The van der Waals surface area contributed by atoms with Crippen molar-refractivity contribution in [2.45, 2.75) is 6.18 Å². The SMILES string of the molecule is N#C/C(=C\c1cccc(NC(=O)C(F)(F)F)c1)c1ccccn1. The van der Waals surface area contributed by atoms with E-state index in [1.807, 2.05) is 6.07 Å². The summed E-state index contributed by atoms with van der Waals surface area (Å²) in [5, 5.41) is 10.9. The van der Waals surface area contributed by atoms with E-state index in [0.29, 0.717) is 11.3 Å². The van der Waals surface area contributed by atoms with E-state index in [9.17, 15) is 23.2 Å². The highest BCUT2D eigenvalue weighted by atomic mass is 19.4. The van der Waals surface area contributed by atoms with E-state index in [-0.39, 0.29) is 11.3 Å². The molecule has 1 N–H and O–H groups in total. The van der Waals surface area contributed by atoms with Crippen molar-refractivity contribution in [2.24, 2.45) is 0 Å². The highest BCUT2D eigenvalue weighted by molar-refractivity contribution is 5.95. The smallest absolute Gasteiger partial charge is 0.318 e. The van der Waals surface area contributed by atoms with Crippen LogP contribution in [0.4, 0.5) is 18.9 Å². The van der Waals surface area contributed by atoms with Gasteiger partial charge in [0.15, 0.2) is 0 Å². The Labute approximate surface area is 129 Å². The molecule has 0 unspecified atom stereocenters. The fourth-order valence-corrected chi connectivity index (χ4v) is 1.76. The third-order valence-electron chi connectivity index (χ3n) is 2.77. The molecule has 0 saturated heterocycles. The molecule has 2 aromatic rings. The van der Waals surface area contributed by atoms with Gasteiger partial charge in [-0.3, -0.25) is 9.78 Å². The van der Waals surface area contributed by atoms with E-state index in [4.69, 9.17) is 0 Å². The normalized spacial score (nSPS) is 11.7. The van der Waals surface area contributed by atoms with Crippen LogP contribution in [0, 0.1) is 11.3 Å². The Hall–Kier alpha value is -3.14. The van der Waals surface area contributed by atoms with Gasteiger partial charge in [-0.2, -0.15) is 18.4 Å². The number of nitriles is 1. The van der Waals surface area contributed by atoms with E-state index in [1.54, 1.807) is 29.6 Å². The van der Waals surface area contributed by atoms with Gasteiger partial charge < -0.3 is 5.32 Å². The number of hydrogen-bond acceptors (Lipinski definition) is 3. The Bertz CT molecular complexity index is 777. The van der Waals surface area contributed by atoms with E-state index in [0.717, 1.165) is 0 Å². The summed E-state index contributed by atoms with van der Waals surface area (Å²) in [6, 6.07) is 12.8. The minimum Gasteiger partial charge on any atom is -0.318 e. The molecule has 0 atom stereocenters. The minimum absolute atomic E-state index is 0.0145. The van der Waals surface area contributed by atoms with Crippen molar-refractivity contribution in [1.29, 1.82) is 5.26 Å². The van der Waals surface area contributed by atoms with E-state index >= 15 is 0 Å². The molecule has 2 rings (SSSR count). The number of benzene rings is 1. The monoisotopic (exact) mass is 317 g/mol. The van der Waals surface area contributed by atoms with Gasteiger partial charge in [0.05, 0.1) is 11.3 Å². The summed E-state index contributed by atoms with van der Waals surface area (Å²) in [6.07, 6.45) is -1.95. The number of aromatic nitrogens is 1. The number of hydrogen-bond donors (Lipinski definition) is 1. The Balaban J connectivity index is 2.28. The average Bonchev–Trinajstić information content (AvgIpc) is 2.53. The van der Waals surface area contributed by atoms with Crippen LogP contribution in [0.1, 0.15) is 11.3 Å². The minimum atomic E-state index is -4.96. The summed E-state index contributed by atoms with van der Waals surface area (Å²) in [6.45, 7) is 0. The lowest BCUT2D eigenvalue weighted by atomic mass is 10.1. The van der Waals surface area contributed by atoms with Crippen molar-refractivity contribution in [2.75, 3.05) is 5.32 Å². The predicted octanol–water partition coefficient (Wildman–Crippen LogP) is 3.65. The number of allylic oxidation sites excluding steroid dienone is 1. The average molecular weight is 317 g/mol. The van der Waals surface area contributed by atoms with Gasteiger partial charge in [0, 0.05) is 11.9 Å². The second-order valence-electron chi connectivity index (χ2n) is 4.46. The van der Waals surface area contributed by atoms with Crippen LogP contribution in [-0.4, -0.2) is 17.1 Å². The van der Waals surface area contributed by atoms with Crippen LogP contribution >= 0.6 is 0 Å². The van der Waals surface area contributed by atoms with Gasteiger partial charge >= 0.3 is 12.1 Å². The van der Waals surface area contributed by atoms with E-state index in [2.05, 4.69) is 4.98 Å². The van der Waals surface area contributed by atoms with Gasteiger partial charge in [0.25, 0.3) is 0 Å². The van der Waals surface area contributed by atoms with Crippen molar-refractivity contribution >= 4 is 23.2 Å². The summed E-state index contributed by atoms with van der Waals surface area (Å²) in [5.41, 5.74) is 1.15. The number of carbonyl (C=O) groups is 1. The standard InChI is InChI=1S/C16H10F3N3O/c17-16(18,19)15(23)22-13-5-3-4-11(9-13)8-12(10-20)14-6-1-2-7-21-14/h1-9H,(H,22,23)/b12-8+. The Morgan fingerprint density at radius 3 is 2.61 bits per heavy atom. The van der Waals surface area contributed by atoms with E-state index in [1.165, 1.54) is 30.5 Å². The Morgan fingerprint density at radius 1 is 1.22 bits per heavy atom. The molecule has 0 saturated carbocycles. The largest absolute Gasteiger partial charge is 0.471 e. The molecule has 1 aromatic heterocycles. The maximum Gasteiger partial charge on any atom is 0.471 e. The predicted molar refractivity (Wildman–Crippen MR) is 78.8 cm³/mol. The molecular weight excluding hydrogens is 307 g/mol. The van der Waals surface area contributed by atoms with Crippen molar-refractivity contribution in [1.82, 2.24) is 4.98 Å².